The molecule has 2 aromatic heterocycles. The molecule has 0 bridgehead atoms. The van der Waals surface area contributed by atoms with Gasteiger partial charge < -0.3 is 0 Å². The van der Waals surface area contributed by atoms with Gasteiger partial charge in [0.25, 0.3) is 0 Å². The molecule has 0 N–H and O–H groups in total. The fraction of sp³-hybridized carbons (Fsp3) is 0.0588. The Hall–Kier alpha value is -7.04. The minimum Gasteiger partial charge on any atom is -0.293 e. The summed E-state index contributed by atoms with van der Waals surface area (Å²) >= 11 is 0. The van der Waals surface area contributed by atoms with Gasteiger partial charge in [-0.2, -0.15) is 4.98 Å². The smallest absolute Gasteiger partial charge is 0.237 e. The fourth-order valence-corrected chi connectivity index (χ4v) is 9.00. The van der Waals surface area contributed by atoms with E-state index in [1.807, 2.05) is 0 Å². The fourth-order valence-electron chi connectivity index (χ4n) is 9.00. The highest BCUT2D eigenvalue weighted by Crippen LogP contribution is 2.54. The quantitative estimate of drug-likeness (QED) is 0.179. The van der Waals surface area contributed by atoms with Crippen LogP contribution in [0.25, 0.3) is 71.6 Å². The van der Waals surface area contributed by atoms with Crippen LogP contribution in [-0.4, -0.2) is 14.5 Å². The molecule has 4 nitrogen and oxygen atoms in total. The van der Waals surface area contributed by atoms with Crippen LogP contribution in [0.4, 0.5) is 17.3 Å². The molecule has 0 saturated carbocycles. The normalized spacial score (nSPS) is 13.1. The molecule has 8 aromatic carbocycles. The van der Waals surface area contributed by atoms with Gasteiger partial charge in [0.1, 0.15) is 0 Å². The standard InChI is InChI=1S/C51H36N4/c1-51(2)41-22-11-8-19-38(41)48-42(51)23-14-26-45(48)54(36-30-27-34(28-31-36)33-15-4-3-5-16-33)50-52-43-24-12-9-20-39(43)49(53-50)55-44-25-13-10-21-40(44)47-37-18-7-6-17-35(37)29-32-46(47)55/h3-32H,1-2H3. The van der Waals surface area contributed by atoms with Crippen LogP contribution in [0.1, 0.15) is 25.0 Å². The third-order valence-corrected chi connectivity index (χ3v) is 11.6. The lowest BCUT2D eigenvalue weighted by molar-refractivity contribution is 0.660. The summed E-state index contributed by atoms with van der Waals surface area (Å²) in [5, 5.41) is 5.87. The van der Waals surface area contributed by atoms with Crippen molar-refractivity contribution in [3.05, 3.63) is 193 Å². The molecule has 4 heteroatoms. The van der Waals surface area contributed by atoms with E-state index in [0.29, 0.717) is 5.95 Å². The average molecular weight is 705 g/mol. The molecule has 0 unspecified atom stereocenters. The lowest BCUT2D eigenvalue weighted by atomic mass is 9.82. The molecular weight excluding hydrogens is 669 g/mol. The van der Waals surface area contributed by atoms with Gasteiger partial charge in [0.2, 0.25) is 5.95 Å². The molecular formula is C51H36N4. The summed E-state index contributed by atoms with van der Waals surface area (Å²) in [4.78, 5) is 13.3. The molecule has 0 fully saturated rings. The second-order valence-electron chi connectivity index (χ2n) is 15.0. The van der Waals surface area contributed by atoms with Crippen molar-refractivity contribution in [1.82, 2.24) is 14.5 Å². The van der Waals surface area contributed by atoms with Crippen LogP contribution in [0, 0.1) is 0 Å². The highest BCUT2D eigenvalue weighted by atomic mass is 15.3. The Morgan fingerprint density at radius 2 is 1.16 bits per heavy atom. The number of hydrogen-bond acceptors (Lipinski definition) is 3. The monoisotopic (exact) mass is 704 g/mol. The van der Waals surface area contributed by atoms with Crippen LogP contribution in [0.2, 0.25) is 0 Å². The molecule has 0 aliphatic heterocycles. The van der Waals surface area contributed by atoms with E-state index in [9.17, 15) is 0 Å². The second-order valence-corrected chi connectivity index (χ2v) is 15.0. The summed E-state index contributed by atoms with van der Waals surface area (Å²) in [5.74, 6) is 1.46. The first-order valence-electron chi connectivity index (χ1n) is 18.9. The molecule has 0 amide bonds. The van der Waals surface area contributed by atoms with Gasteiger partial charge in [-0.1, -0.05) is 153 Å². The average Bonchev–Trinajstić information content (AvgIpc) is 3.70. The van der Waals surface area contributed by atoms with Crippen LogP contribution in [-0.2, 0) is 5.41 Å². The summed E-state index contributed by atoms with van der Waals surface area (Å²) in [6.45, 7) is 4.66. The first-order valence-corrected chi connectivity index (χ1v) is 18.9. The van der Waals surface area contributed by atoms with Crippen molar-refractivity contribution >= 4 is 60.8 Å². The summed E-state index contributed by atoms with van der Waals surface area (Å²) in [6, 6.07) is 65.2. The Morgan fingerprint density at radius 3 is 2.02 bits per heavy atom. The van der Waals surface area contributed by atoms with Crippen molar-refractivity contribution in [2.45, 2.75) is 19.3 Å². The van der Waals surface area contributed by atoms with E-state index in [2.05, 4.69) is 205 Å². The second kappa shape index (κ2) is 12.0. The molecule has 10 aromatic rings. The first kappa shape index (κ1) is 31.5. The predicted molar refractivity (Wildman–Crippen MR) is 229 cm³/mol. The zero-order chi connectivity index (χ0) is 36.7. The van der Waals surface area contributed by atoms with Crippen molar-refractivity contribution in [3.63, 3.8) is 0 Å². The van der Waals surface area contributed by atoms with Crippen molar-refractivity contribution in [3.8, 4) is 28.1 Å². The van der Waals surface area contributed by atoms with E-state index >= 15 is 0 Å². The lowest BCUT2D eigenvalue weighted by Gasteiger charge is -2.28. The number of para-hydroxylation sites is 2. The third kappa shape index (κ3) is 4.71. The van der Waals surface area contributed by atoms with Gasteiger partial charge in [-0.25, -0.2) is 4.98 Å². The summed E-state index contributed by atoms with van der Waals surface area (Å²) in [7, 11) is 0. The number of nitrogens with zero attached hydrogens (tertiary/aromatic N) is 4. The van der Waals surface area contributed by atoms with E-state index < -0.39 is 0 Å². The van der Waals surface area contributed by atoms with E-state index in [1.54, 1.807) is 0 Å². The van der Waals surface area contributed by atoms with Crippen LogP contribution in [0.3, 0.4) is 0 Å². The molecule has 1 aliphatic rings. The van der Waals surface area contributed by atoms with Crippen LogP contribution in [0.5, 0.6) is 0 Å². The Morgan fingerprint density at radius 1 is 0.491 bits per heavy atom. The Bertz CT molecular complexity index is 3120. The zero-order valence-corrected chi connectivity index (χ0v) is 30.6. The van der Waals surface area contributed by atoms with Gasteiger partial charge in [-0.05, 0) is 81.1 Å². The van der Waals surface area contributed by atoms with Crippen molar-refractivity contribution in [2.24, 2.45) is 0 Å². The van der Waals surface area contributed by atoms with Crippen LogP contribution in [0.15, 0.2) is 182 Å². The van der Waals surface area contributed by atoms with Gasteiger partial charge in [-0.3, -0.25) is 9.47 Å². The van der Waals surface area contributed by atoms with Gasteiger partial charge in [-0.15, -0.1) is 0 Å². The lowest BCUT2D eigenvalue weighted by Crippen LogP contribution is -2.17. The van der Waals surface area contributed by atoms with Gasteiger partial charge in [0.15, 0.2) is 5.82 Å². The van der Waals surface area contributed by atoms with Crippen molar-refractivity contribution < 1.29 is 0 Å². The number of benzene rings is 8. The molecule has 0 atom stereocenters. The SMILES string of the molecule is CC1(C)c2ccccc2-c2c(N(c3ccc(-c4ccccc4)cc3)c3nc(-n4c5ccccc5c5c6ccccc6ccc54)c4ccccc4n3)cccc21. The molecule has 0 radical (unpaired) electrons. The number of anilines is 3. The van der Waals surface area contributed by atoms with Gasteiger partial charge >= 0.3 is 0 Å². The summed E-state index contributed by atoms with van der Waals surface area (Å²) in [5.41, 5.74) is 12.4. The highest BCUT2D eigenvalue weighted by molar-refractivity contribution is 6.21. The third-order valence-electron chi connectivity index (χ3n) is 11.6. The first-order chi connectivity index (χ1) is 27.1. The maximum absolute atomic E-state index is 5.65. The van der Waals surface area contributed by atoms with Crippen LogP contribution < -0.4 is 4.90 Å². The molecule has 2 heterocycles. The van der Waals surface area contributed by atoms with E-state index in [4.69, 9.17) is 9.97 Å². The number of aromatic nitrogens is 3. The Labute approximate surface area is 319 Å². The predicted octanol–water partition coefficient (Wildman–Crippen LogP) is 13.3. The topological polar surface area (TPSA) is 34.0 Å². The maximum Gasteiger partial charge on any atom is 0.237 e. The van der Waals surface area contributed by atoms with Crippen LogP contribution >= 0.6 is 0 Å². The molecule has 11 rings (SSSR count). The molecule has 0 saturated heterocycles. The minimum absolute atomic E-state index is 0.161. The molecule has 1 aliphatic carbocycles. The Balaban J connectivity index is 1.22. The van der Waals surface area contributed by atoms with E-state index in [0.717, 1.165) is 44.7 Å². The zero-order valence-electron chi connectivity index (χ0n) is 30.6. The van der Waals surface area contributed by atoms with Gasteiger partial charge in [0, 0.05) is 32.8 Å². The number of rotatable bonds is 5. The molecule has 0 spiro atoms. The number of hydrogen-bond donors (Lipinski definition) is 0. The Kier molecular flexibility index (Phi) is 6.86. The summed E-state index contributed by atoms with van der Waals surface area (Å²) < 4.78 is 2.34. The van der Waals surface area contributed by atoms with Crippen molar-refractivity contribution in [2.75, 3.05) is 4.90 Å². The van der Waals surface area contributed by atoms with E-state index in [-0.39, 0.29) is 5.41 Å². The number of fused-ring (bicyclic) bond motifs is 9. The maximum atomic E-state index is 5.65. The largest absolute Gasteiger partial charge is 0.293 e. The minimum atomic E-state index is -0.161. The molecule has 260 valence electrons. The summed E-state index contributed by atoms with van der Waals surface area (Å²) in [6.07, 6.45) is 0. The molecule has 55 heavy (non-hydrogen) atoms. The van der Waals surface area contributed by atoms with Crippen molar-refractivity contribution in [1.29, 1.82) is 0 Å². The van der Waals surface area contributed by atoms with Gasteiger partial charge in [0.05, 0.1) is 22.2 Å². The highest BCUT2D eigenvalue weighted by Gasteiger charge is 2.38. The van der Waals surface area contributed by atoms with E-state index in [1.165, 1.54) is 49.4 Å².